The van der Waals surface area contributed by atoms with E-state index in [-0.39, 0.29) is 29.8 Å². The zero-order valence-corrected chi connectivity index (χ0v) is 24.5. The predicted octanol–water partition coefficient (Wildman–Crippen LogP) is 6.26. The molecule has 5 aromatic rings. The molecule has 2 aromatic heterocycles. The van der Waals surface area contributed by atoms with Gasteiger partial charge in [-0.2, -0.15) is 5.26 Å². The summed E-state index contributed by atoms with van der Waals surface area (Å²) in [5.41, 5.74) is 5.98. The highest BCUT2D eigenvalue weighted by atomic mass is 19.1. The normalized spacial score (nSPS) is 16.0. The summed E-state index contributed by atoms with van der Waals surface area (Å²) in [7, 11) is 0. The molecule has 0 spiro atoms. The largest absolute Gasteiger partial charge is 0.492 e. The maximum absolute atomic E-state index is 14.4. The number of hydrogen-bond acceptors (Lipinski definition) is 7. The van der Waals surface area contributed by atoms with Gasteiger partial charge < -0.3 is 23.9 Å². The van der Waals surface area contributed by atoms with Gasteiger partial charge in [0, 0.05) is 41.7 Å². The van der Waals surface area contributed by atoms with Crippen LogP contribution < -0.4 is 9.47 Å². The van der Waals surface area contributed by atoms with Crippen LogP contribution in [0.3, 0.4) is 0 Å². The van der Waals surface area contributed by atoms with Gasteiger partial charge in [0.25, 0.3) is 0 Å². The summed E-state index contributed by atoms with van der Waals surface area (Å²) in [6.45, 7) is 3.94. The first-order chi connectivity index (χ1) is 21.9. The molecule has 10 heteroatoms. The van der Waals surface area contributed by atoms with Gasteiger partial charge in [-0.05, 0) is 54.4 Å². The molecule has 1 fully saturated rings. The molecule has 0 aliphatic carbocycles. The molecular formula is C35H29FN4O5. The van der Waals surface area contributed by atoms with Gasteiger partial charge in [0.15, 0.2) is 0 Å². The fourth-order valence-electron chi connectivity index (χ4n) is 6.03. The third kappa shape index (κ3) is 5.36. The summed E-state index contributed by atoms with van der Waals surface area (Å²) >= 11 is 0. The Morgan fingerprint density at radius 2 is 2.02 bits per heavy atom. The summed E-state index contributed by atoms with van der Waals surface area (Å²) in [5.74, 6) is 0.355. The highest BCUT2D eigenvalue weighted by Crippen LogP contribution is 2.42. The lowest BCUT2D eigenvalue weighted by molar-refractivity contribution is -0.0590. The van der Waals surface area contributed by atoms with Crippen molar-refractivity contribution >= 4 is 17.0 Å². The van der Waals surface area contributed by atoms with Crippen LogP contribution >= 0.6 is 0 Å². The number of aromatic nitrogens is 3. The molecule has 226 valence electrons. The van der Waals surface area contributed by atoms with Gasteiger partial charge in [-0.3, -0.25) is 0 Å². The van der Waals surface area contributed by atoms with Gasteiger partial charge in [-0.1, -0.05) is 25.1 Å². The van der Waals surface area contributed by atoms with E-state index in [1.165, 1.54) is 12.1 Å². The number of rotatable bonds is 9. The van der Waals surface area contributed by atoms with E-state index in [0.717, 1.165) is 58.7 Å². The quantitative estimate of drug-likeness (QED) is 0.209. The van der Waals surface area contributed by atoms with Gasteiger partial charge in [-0.25, -0.2) is 19.2 Å². The van der Waals surface area contributed by atoms with Crippen LogP contribution in [-0.4, -0.2) is 44.9 Å². The molecule has 45 heavy (non-hydrogen) atoms. The van der Waals surface area contributed by atoms with Crippen LogP contribution in [0, 0.1) is 17.1 Å². The van der Waals surface area contributed by atoms with Crippen LogP contribution in [-0.2, 0) is 24.3 Å². The number of carbonyl (C=O) groups is 1. The topological polar surface area (TPSA) is 119 Å². The van der Waals surface area contributed by atoms with Gasteiger partial charge >= 0.3 is 5.97 Å². The van der Waals surface area contributed by atoms with E-state index in [9.17, 15) is 14.3 Å². The van der Waals surface area contributed by atoms with Crippen molar-refractivity contribution in [1.82, 2.24) is 14.5 Å². The number of carboxylic acid groups (broad SMARTS) is 1. The Hall–Kier alpha value is -5.27. The Balaban J connectivity index is 1.20. The second-order valence-corrected chi connectivity index (χ2v) is 11.3. The standard InChI is InChI=1S/C35H29FN4O5/c1-20(34-39-30-10-7-22(35(41)42)16-31(30)40(34)18-24-11-13-43-24)25-8-9-27(33-26(25)12-14-44-33)29-3-2-4-32(38-29)45-19-23-6-5-21(17-37)15-28(23)36/h2-10,15-16,20,24H,11-14,18-19H2,1H3,(H,41,42)/t20?,24-/m0/s1. The van der Waals surface area contributed by atoms with E-state index in [0.29, 0.717) is 30.3 Å². The Morgan fingerprint density at radius 1 is 1.16 bits per heavy atom. The van der Waals surface area contributed by atoms with Crippen molar-refractivity contribution in [1.29, 1.82) is 5.26 Å². The average Bonchev–Trinajstić information content (AvgIpc) is 3.66. The Labute approximate surface area is 258 Å². The number of ether oxygens (including phenoxy) is 3. The Morgan fingerprint density at radius 3 is 2.78 bits per heavy atom. The van der Waals surface area contributed by atoms with Crippen LogP contribution in [0.1, 0.15) is 57.7 Å². The minimum absolute atomic E-state index is 0.0279. The molecule has 2 atom stereocenters. The Kier molecular flexibility index (Phi) is 7.39. The van der Waals surface area contributed by atoms with Gasteiger partial charge in [-0.15, -0.1) is 0 Å². The number of pyridine rings is 1. The maximum Gasteiger partial charge on any atom is 0.335 e. The average molecular weight is 605 g/mol. The van der Waals surface area contributed by atoms with Crippen LogP contribution in [0.5, 0.6) is 11.6 Å². The molecule has 1 saturated heterocycles. The molecule has 9 nitrogen and oxygen atoms in total. The van der Waals surface area contributed by atoms with Crippen LogP contribution in [0.25, 0.3) is 22.3 Å². The second kappa shape index (κ2) is 11.7. The number of aromatic carboxylic acids is 1. The summed E-state index contributed by atoms with van der Waals surface area (Å²) in [6.07, 6.45) is 1.74. The number of fused-ring (bicyclic) bond motifs is 2. The number of halogens is 1. The molecule has 2 aliphatic rings. The molecule has 0 amide bonds. The molecule has 3 aromatic carbocycles. The summed E-state index contributed by atoms with van der Waals surface area (Å²) in [4.78, 5) is 21.4. The first kappa shape index (κ1) is 28.5. The molecule has 4 heterocycles. The van der Waals surface area contributed by atoms with E-state index in [1.54, 1.807) is 30.3 Å². The smallest absolute Gasteiger partial charge is 0.335 e. The van der Waals surface area contributed by atoms with Crippen molar-refractivity contribution in [3.05, 3.63) is 106 Å². The summed E-state index contributed by atoms with van der Waals surface area (Å²) < 4.78 is 34.2. The van der Waals surface area contributed by atoms with Crippen molar-refractivity contribution in [2.24, 2.45) is 0 Å². The lowest BCUT2D eigenvalue weighted by atomic mass is 9.91. The van der Waals surface area contributed by atoms with Gasteiger partial charge in [0.1, 0.15) is 24.0 Å². The van der Waals surface area contributed by atoms with Gasteiger partial charge in [0.2, 0.25) is 5.88 Å². The number of hydrogen-bond donors (Lipinski definition) is 1. The van der Waals surface area contributed by atoms with Crippen molar-refractivity contribution < 1.29 is 28.5 Å². The first-order valence-electron chi connectivity index (χ1n) is 14.8. The SMILES string of the molecule is CC(c1ccc(-c2cccc(OCc3ccc(C#N)cc3F)n2)c2c1CCO2)c1nc2ccc(C(=O)O)cc2n1C[C@@H]1CCO1. The molecule has 7 rings (SSSR count). The zero-order valence-electron chi connectivity index (χ0n) is 24.5. The van der Waals surface area contributed by atoms with Crippen molar-refractivity contribution in [3.63, 3.8) is 0 Å². The minimum Gasteiger partial charge on any atom is -0.492 e. The van der Waals surface area contributed by atoms with E-state index < -0.39 is 11.8 Å². The number of benzene rings is 3. The third-order valence-corrected chi connectivity index (χ3v) is 8.51. The fraction of sp³-hybridized carbons (Fsp3) is 0.257. The third-order valence-electron chi connectivity index (χ3n) is 8.51. The summed E-state index contributed by atoms with van der Waals surface area (Å²) in [6, 6.07) is 20.8. The number of carboxylic acids is 1. The molecular weight excluding hydrogens is 575 g/mol. The van der Waals surface area contributed by atoms with Crippen molar-refractivity contribution in [3.8, 4) is 29.0 Å². The molecule has 0 saturated carbocycles. The van der Waals surface area contributed by atoms with Crippen LogP contribution in [0.15, 0.2) is 66.7 Å². The minimum atomic E-state index is -0.978. The lowest BCUT2D eigenvalue weighted by Crippen LogP contribution is -2.32. The first-order valence-corrected chi connectivity index (χ1v) is 14.8. The van der Waals surface area contributed by atoms with Crippen molar-refractivity contribution in [2.45, 2.75) is 44.9 Å². The van der Waals surface area contributed by atoms with E-state index >= 15 is 0 Å². The number of nitriles is 1. The van der Waals surface area contributed by atoms with Crippen LogP contribution in [0.4, 0.5) is 4.39 Å². The second-order valence-electron chi connectivity index (χ2n) is 11.3. The number of imidazole rings is 1. The van der Waals surface area contributed by atoms with E-state index in [1.807, 2.05) is 24.3 Å². The van der Waals surface area contributed by atoms with E-state index in [4.69, 9.17) is 29.4 Å². The molecule has 0 radical (unpaired) electrons. The van der Waals surface area contributed by atoms with E-state index in [2.05, 4.69) is 17.6 Å². The summed E-state index contributed by atoms with van der Waals surface area (Å²) in [5, 5.41) is 18.6. The van der Waals surface area contributed by atoms with Gasteiger partial charge in [0.05, 0.1) is 53.2 Å². The lowest BCUT2D eigenvalue weighted by Gasteiger charge is -2.28. The highest BCUT2D eigenvalue weighted by Gasteiger charge is 2.29. The predicted molar refractivity (Wildman–Crippen MR) is 163 cm³/mol. The van der Waals surface area contributed by atoms with Crippen LogP contribution in [0.2, 0.25) is 0 Å². The molecule has 1 N–H and O–H groups in total. The Bertz CT molecular complexity index is 1990. The number of nitrogens with zero attached hydrogens (tertiary/aromatic N) is 4. The fourth-order valence-corrected chi connectivity index (χ4v) is 6.03. The zero-order chi connectivity index (χ0) is 31.1. The van der Waals surface area contributed by atoms with Crippen molar-refractivity contribution in [2.75, 3.05) is 13.2 Å². The molecule has 1 unspecified atom stereocenters. The monoisotopic (exact) mass is 604 g/mol. The molecule has 0 bridgehead atoms. The maximum atomic E-state index is 14.4. The molecule has 2 aliphatic heterocycles. The highest BCUT2D eigenvalue weighted by molar-refractivity contribution is 5.92.